The summed E-state index contributed by atoms with van der Waals surface area (Å²) >= 11 is 0. The van der Waals surface area contributed by atoms with Crippen molar-refractivity contribution in [3.05, 3.63) is 29.8 Å². The first-order valence-electron chi connectivity index (χ1n) is 7.54. The van der Waals surface area contributed by atoms with Gasteiger partial charge in [0.15, 0.2) is 0 Å². The molecule has 2 atom stereocenters. The lowest BCUT2D eigenvalue weighted by Crippen LogP contribution is -2.51. The van der Waals surface area contributed by atoms with Crippen molar-refractivity contribution in [1.29, 1.82) is 0 Å². The summed E-state index contributed by atoms with van der Waals surface area (Å²) in [6.45, 7) is 7.79. The molecule has 0 bridgehead atoms. The summed E-state index contributed by atoms with van der Waals surface area (Å²) in [6.07, 6.45) is 2.21. The number of rotatable bonds is 8. The van der Waals surface area contributed by atoms with Crippen LogP contribution in [0.2, 0.25) is 0 Å². The van der Waals surface area contributed by atoms with Gasteiger partial charge in [0.25, 0.3) is 0 Å². The first-order chi connectivity index (χ1) is 9.49. The minimum Gasteiger partial charge on any atom is -0.497 e. The van der Waals surface area contributed by atoms with Crippen LogP contribution < -0.4 is 10.1 Å². The van der Waals surface area contributed by atoms with Crippen molar-refractivity contribution in [2.24, 2.45) is 0 Å². The molecule has 0 fully saturated rings. The van der Waals surface area contributed by atoms with Crippen molar-refractivity contribution in [2.75, 3.05) is 27.7 Å². The fourth-order valence-corrected chi connectivity index (χ4v) is 2.59. The summed E-state index contributed by atoms with van der Waals surface area (Å²) in [5.74, 6) is 0.919. The molecule has 0 radical (unpaired) electrons. The van der Waals surface area contributed by atoms with Gasteiger partial charge in [-0.15, -0.1) is 0 Å². The molecule has 0 saturated carbocycles. The van der Waals surface area contributed by atoms with E-state index in [9.17, 15) is 0 Å². The Kier molecular flexibility index (Phi) is 6.50. The van der Waals surface area contributed by atoms with Crippen LogP contribution in [-0.4, -0.2) is 38.2 Å². The van der Waals surface area contributed by atoms with E-state index in [1.165, 1.54) is 5.56 Å². The van der Waals surface area contributed by atoms with Crippen molar-refractivity contribution in [3.8, 4) is 5.75 Å². The Hall–Kier alpha value is -1.06. The molecular weight excluding hydrogens is 248 g/mol. The number of hydrogen-bond acceptors (Lipinski definition) is 3. The molecule has 1 N–H and O–H groups in total. The molecule has 0 heterocycles. The zero-order chi connectivity index (χ0) is 15.2. The molecule has 0 aliphatic heterocycles. The summed E-state index contributed by atoms with van der Waals surface area (Å²) in [4.78, 5) is 2.32. The van der Waals surface area contributed by atoms with Gasteiger partial charge in [0.1, 0.15) is 5.75 Å². The van der Waals surface area contributed by atoms with Crippen molar-refractivity contribution >= 4 is 0 Å². The quantitative estimate of drug-likeness (QED) is 0.788. The van der Waals surface area contributed by atoms with E-state index in [0.717, 1.165) is 25.1 Å². The lowest BCUT2D eigenvalue weighted by Gasteiger charge is -2.43. The maximum atomic E-state index is 5.37. The van der Waals surface area contributed by atoms with E-state index in [-0.39, 0.29) is 11.6 Å². The summed E-state index contributed by atoms with van der Waals surface area (Å²) in [5, 5.41) is 3.71. The predicted molar refractivity (Wildman–Crippen MR) is 86.4 cm³/mol. The zero-order valence-corrected chi connectivity index (χ0v) is 13.9. The second-order valence-corrected chi connectivity index (χ2v) is 5.77. The third kappa shape index (κ3) is 3.74. The SMILES string of the molecule is CCCNC(c1cccc(OC)c1)C(C)(CC)N(C)C. The summed E-state index contributed by atoms with van der Waals surface area (Å²) in [7, 11) is 6.03. The molecule has 3 heteroatoms. The van der Waals surface area contributed by atoms with Crippen LogP contribution in [0.5, 0.6) is 5.75 Å². The number of nitrogens with zero attached hydrogens (tertiary/aromatic N) is 1. The average molecular weight is 278 g/mol. The largest absolute Gasteiger partial charge is 0.497 e. The van der Waals surface area contributed by atoms with E-state index in [1.54, 1.807) is 7.11 Å². The Morgan fingerprint density at radius 2 is 2.00 bits per heavy atom. The molecule has 0 aromatic heterocycles. The first-order valence-corrected chi connectivity index (χ1v) is 7.54. The fraction of sp³-hybridized carbons (Fsp3) is 0.647. The van der Waals surface area contributed by atoms with E-state index in [1.807, 2.05) is 6.07 Å². The summed E-state index contributed by atoms with van der Waals surface area (Å²) in [5.41, 5.74) is 1.36. The van der Waals surface area contributed by atoms with Gasteiger partial charge in [0.05, 0.1) is 13.2 Å². The van der Waals surface area contributed by atoms with Gasteiger partial charge < -0.3 is 15.0 Å². The minimum atomic E-state index is 0.0710. The topological polar surface area (TPSA) is 24.5 Å². The van der Waals surface area contributed by atoms with Gasteiger partial charge in [-0.1, -0.05) is 26.0 Å². The Morgan fingerprint density at radius 3 is 2.50 bits per heavy atom. The van der Waals surface area contributed by atoms with Crippen LogP contribution in [0.3, 0.4) is 0 Å². The predicted octanol–water partition coefficient (Wildman–Crippen LogP) is 3.47. The van der Waals surface area contributed by atoms with Crippen LogP contribution in [0.4, 0.5) is 0 Å². The van der Waals surface area contributed by atoms with E-state index in [4.69, 9.17) is 4.74 Å². The molecular formula is C17H30N2O. The third-order valence-corrected chi connectivity index (χ3v) is 4.38. The van der Waals surface area contributed by atoms with Crippen LogP contribution in [0.25, 0.3) is 0 Å². The Labute approximate surface area is 124 Å². The highest BCUT2D eigenvalue weighted by atomic mass is 16.5. The van der Waals surface area contributed by atoms with Crippen molar-refractivity contribution in [2.45, 2.75) is 45.2 Å². The lowest BCUT2D eigenvalue weighted by molar-refractivity contribution is 0.112. The lowest BCUT2D eigenvalue weighted by atomic mass is 9.83. The monoisotopic (exact) mass is 278 g/mol. The number of nitrogens with one attached hydrogen (secondary N) is 1. The number of benzene rings is 1. The standard InChI is InChI=1S/C17H30N2O/c1-7-12-18-16(17(3,8-2)19(4)5)14-10-9-11-15(13-14)20-6/h9-11,13,16,18H,7-8,12H2,1-6H3. The van der Waals surface area contributed by atoms with Crippen molar-refractivity contribution in [1.82, 2.24) is 10.2 Å². The van der Waals surface area contributed by atoms with Crippen LogP contribution in [0.1, 0.15) is 45.2 Å². The molecule has 3 nitrogen and oxygen atoms in total. The molecule has 1 aromatic carbocycles. The van der Waals surface area contributed by atoms with Gasteiger partial charge >= 0.3 is 0 Å². The van der Waals surface area contributed by atoms with Crippen molar-refractivity contribution in [3.63, 3.8) is 0 Å². The van der Waals surface area contributed by atoms with E-state index < -0.39 is 0 Å². The van der Waals surface area contributed by atoms with Gasteiger partial charge in [-0.2, -0.15) is 0 Å². The maximum Gasteiger partial charge on any atom is 0.119 e. The number of likely N-dealkylation sites (N-methyl/N-ethyl adjacent to an activating group) is 1. The van der Waals surface area contributed by atoms with E-state index in [2.05, 4.69) is 63.3 Å². The number of hydrogen-bond donors (Lipinski definition) is 1. The first kappa shape index (κ1) is 17.0. The average Bonchev–Trinajstić information content (AvgIpc) is 2.47. The normalized spacial score (nSPS) is 15.9. The number of ether oxygens (including phenoxy) is 1. The molecule has 0 aliphatic rings. The molecule has 0 amide bonds. The summed E-state index contributed by atoms with van der Waals surface area (Å²) in [6, 6.07) is 8.69. The highest BCUT2D eigenvalue weighted by Crippen LogP contribution is 2.34. The fourth-order valence-electron chi connectivity index (χ4n) is 2.59. The molecule has 1 rings (SSSR count). The van der Waals surface area contributed by atoms with Crippen molar-refractivity contribution < 1.29 is 4.74 Å². The van der Waals surface area contributed by atoms with Gasteiger partial charge in [-0.3, -0.25) is 0 Å². The molecule has 114 valence electrons. The highest BCUT2D eigenvalue weighted by Gasteiger charge is 2.35. The second-order valence-electron chi connectivity index (χ2n) is 5.77. The Morgan fingerprint density at radius 1 is 1.30 bits per heavy atom. The molecule has 0 aliphatic carbocycles. The highest BCUT2D eigenvalue weighted by molar-refractivity contribution is 5.32. The van der Waals surface area contributed by atoms with E-state index in [0.29, 0.717) is 0 Å². The minimum absolute atomic E-state index is 0.0710. The van der Waals surface area contributed by atoms with Crippen LogP contribution in [0, 0.1) is 0 Å². The number of methoxy groups -OCH3 is 1. The van der Waals surface area contributed by atoms with Gasteiger partial charge in [-0.05, 0) is 58.1 Å². The molecule has 0 spiro atoms. The molecule has 0 saturated heterocycles. The summed E-state index contributed by atoms with van der Waals surface area (Å²) < 4.78 is 5.37. The van der Waals surface area contributed by atoms with Gasteiger partial charge in [-0.25, -0.2) is 0 Å². The van der Waals surface area contributed by atoms with Crippen LogP contribution in [0.15, 0.2) is 24.3 Å². The molecule has 2 unspecified atom stereocenters. The van der Waals surface area contributed by atoms with Crippen LogP contribution in [-0.2, 0) is 0 Å². The third-order valence-electron chi connectivity index (χ3n) is 4.38. The smallest absolute Gasteiger partial charge is 0.119 e. The maximum absolute atomic E-state index is 5.37. The zero-order valence-electron chi connectivity index (χ0n) is 13.9. The Bertz CT molecular complexity index is 406. The van der Waals surface area contributed by atoms with E-state index >= 15 is 0 Å². The molecule has 20 heavy (non-hydrogen) atoms. The Balaban J connectivity index is 3.16. The second kappa shape index (κ2) is 7.65. The van der Waals surface area contributed by atoms with Gasteiger partial charge in [0, 0.05) is 5.54 Å². The van der Waals surface area contributed by atoms with Gasteiger partial charge in [0.2, 0.25) is 0 Å². The van der Waals surface area contributed by atoms with Crippen LogP contribution >= 0.6 is 0 Å². The molecule has 1 aromatic rings.